The Labute approximate surface area is 130 Å². The fourth-order valence-electron chi connectivity index (χ4n) is 2.79. The molecule has 1 unspecified atom stereocenters. The zero-order chi connectivity index (χ0) is 14.7. The van der Waals surface area contributed by atoms with Crippen LogP contribution in [-0.4, -0.2) is 36.6 Å². The largest absolute Gasteiger partial charge is 0.323 e. The van der Waals surface area contributed by atoms with Gasteiger partial charge in [0.15, 0.2) is 0 Å². The maximum Gasteiger partial charge on any atom is 0.321 e. The van der Waals surface area contributed by atoms with Crippen molar-refractivity contribution in [3.8, 4) is 0 Å². The van der Waals surface area contributed by atoms with Crippen molar-refractivity contribution in [3.63, 3.8) is 0 Å². The van der Waals surface area contributed by atoms with Crippen LogP contribution in [0.25, 0.3) is 0 Å². The van der Waals surface area contributed by atoms with Crippen LogP contribution in [0, 0.1) is 5.92 Å². The summed E-state index contributed by atoms with van der Waals surface area (Å²) in [6, 6.07) is 7.77. The average Bonchev–Trinajstić information content (AvgIpc) is 3.14. The molecule has 114 valence electrons. The van der Waals surface area contributed by atoms with Crippen molar-refractivity contribution >= 4 is 23.3 Å². The number of nitrogens with zero attached hydrogens (tertiary/aromatic N) is 1. The Kier molecular flexibility index (Phi) is 4.66. The quantitative estimate of drug-likeness (QED) is 0.876. The van der Waals surface area contributed by atoms with Crippen LogP contribution in [0.5, 0.6) is 0 Å². The van der Waals surface area contributed by atoms with E-state index in [2.05, 4.69) is 10.6 Å². The van der Waals surface area contributed by atoms with Gasteiger partial charge in [-0.3, -0.25) is 0 Å². The zero-order valence-corrected chi connectivity index (χ0v) is 12.9. The Hall–Kier alpha value is -1.26. The minimum atomic E-state index is -0.0382. The van der Waals surface area contributed by atoms with Crippen molar-refractivity contribution in [2.75, 3.05) is 25.0 Å². The molecule has 1 saturated carbocycles. The van der Waals surface area contributed by atoms with Crippen LogP contribution in [0.2, 0.25) is 5.02 Å². The summed E-state index contributed by atoms with van der Waals surface area (Å²) >= 11 is 6.12. The van der Waals surface area contributed by atoms with Crippen molar-refractivity contribution in [2.24, 2.45) is 5.92 Å². The molecule has 1 aliphatic heterocycles. The second kappa shape index (κ2) is 6.67. The molecular formula is C16H22ClN3O. The van der Waals surface area contributed by atoms with E-state index in [-0.39, 0.29) is 6.03 Å². The number of anilines is 1. The van der Waals surface area contributed by atoms with E-state index in [1.165, 1.54) is 19.3 Å². The Morgan fingerprint density at radius 3 is 2.76 bits per heavy atom. The normalized spacial score (nSPS) is 21.3. The molecule has 2 aliphatic rings. The predicted molar refractivity (Wildman–Crippen MR) is 85.8 cm³/mol. The predicted octanol–water partition coefficient (Wildman–Crippen LogP) is 3.34. The lowest BCUT2D eigenvalue weighted by atomic mass is 10.2. The summed E-state index contributed by atoms with van der Waals surface area (Å²) < 4.78 is 0. The standard InChI is InChI=1S/C16H22ClN3O/c17-14-5-1-2-6-15(14)19-16(21)20(10-12-7-8-12)11-13-4-3-9-18-13/h1-2,5-6,12-13,18H,3-4,7-11H2,(H,19,21). The van der Waals surface area contributed by atoms with Gasteiger partial charge in [-0.25, -0.2) is 4.79 Å². The van der Waals surface area contributed by atoms with Gasteiger partial charge >= 0.3 is 6.03 Å². The number of nitrogens with one attached hydrogen (secondary N) is 2. The molecule has 0 aromatic heterocycles. The molecule has 1 saturated heterocycles. The lowest BCUT2D eigenvalue weighted by Gasteiger charge is -2.26. The van der Waals surface area contributed by atoms with Crippen LogP contribution in [0.15, 0.2) is 24.3 Å². The molecule has 5 heteroatoms. The second-order valence-corrected chi connectivity index (χ2v) is 6.46. The molecule has 1 heterocycles. The molecule has 1 aromatic rings. The number of urea groups is 1. The minimum absolute atomic E-state index is 0.0382. The molecule has 2 fully saturated rings. The Morgan fingerprint density at radius 2 is 2.10 bits per heavy atom. The molecule has 0 radical (unpaired) electrons. The number of halogens is 1. The summed E-state index contributed by atoms with van der Waals surface area (Å²) in [5, 5.41) is 6.99. The first kappa shape index (κ1) is 14.7. The number of benzene rings is 1. The molecule has 2 amide bonds. The first-order valence-corrected chi connectivity index (χ1v) is 8.14. The van der Waals surface area contributed by atoms with Gasteiger partial charge < -0.3 is 15.5 Å². The molecule has 2 N–H and O–H groups in total. The molecule has 0 bridgehead atoms. The van der Waals surface area contributed by atoms with Crippen molar-refractivity contribution in [2.45, 2.75) is 31.7 Å². The molecule has 1 aliphatic carbocycles. The molecule has 0 spiro atoms. The summed E-state index contributed by atoms with van der Waals surface area (Å²) in [7, 11) is 0. The number of carbonyl (C=O) groups is 1. The van der Waals surface area contributed by atoms with Crippen molar-refractivity contribution in [1.29, 1.82) is 0 Å². The van der Waals surface area contributed by atoms with Crippen molar-refractivity contribution in [3.05, 3.63) is 29.3 Å². The van der Waals surface area contributed by atoms with E-state index in [0.29, 0.717) is 22.7 Å². The summed E-state index contributed by atoms with van der Waals surface area (Å²) in [4.78, 5) is 14.5. The van der Waals surface area contributed by atoms with Gasteiger partial charge in [0, 0.05) is 19.1 Å². The van der Waals surface area contributed by atoms with Gasteiger partial charge in [-0.05, 0) is 50.3 Å². The second-order valence-electron chi connectivity index (χ2n) is 6.05. The fourth-order valence-corrected chi connectivity index (χ4v) is 2.97. The molecule has 3 rings (SSSR count). The average molecular weight is 308 g/mol. The van der Waals surface area contributed by atoms with E-state index >= 15 is 0 Å². The van der Waals surface area contributed by atoms with E-state index in [4.69, 9.17) is 11.6 Å². The first-order chi connectivity index (χ1) is 10.2. The fraction of sp³-hybridized carbons (Fsp3) is 0.562. The van der Waals surface area contributed by atoms with Crippen LogP contribution < -0.4 is 10.6 Å². The van der Waals surface area contributed by atoms with Crippen molar-refractivity contribution in [1.82, 2.24) is 10.2 Å². The van der Waals surface area contributed by atoms with Gasteiger partial charge in [0.05, 0.1) is 10.7 Å². The number of para-hydroxylation sites is 1. The van der Waals surface area contributed by atoms with Crippen LogP contribution in [0.1, 0.15) is 25.7 Å². The summed E-state index contributed by atoms with van der Waals surface area (Å²) in [5.41, 5.74) is 0.685. The molecule has 21 heavy (non-hydrogen) atoms. The Morgan fingerprint density at radius 1 is 1.29 bits per heavy atom. The van der Waals surface area contributed by atoms with Crippen LogP contribution in [-0.2, 0) is 0 Å². The van der Waals surface area contributed by atoms with Crippen LogP contribution in [0.3, 0.4) is 0 Å². The highest BCUT2D eigenvalue weighted by atomic mass is 35.5. The van der Waals surface area contributed by atoms with Crippen LogP contribution in [0.4, 0.5) is 10.5 Å². The molecular weight excluding hydrogens is 286 g/mol. The van der Waals surface area contributed by atoms with E-state index in [0.717, 1.165) is 26.1 Å². The van der Waals surface area contributed by atoms with E-state index in [1.54, 1.807) is 6.07 Å². The zero-order valence-electron chi connectivity index (χ0n) is 12.1. The summed E-state index contributed by atoms with van der Waals surface area (Å²) in [5.74, 6) is 0.684. The molecule has 1 atom stereocenters. The number of hydrogen-bond donors (Lipinski definition) is 2. The topological polar surface area (TPSA) is 44.4 Å². The van der Waals surface area contributed by atoms with Crippen molar-refractivity contribution < 1.29 is 4.79 Å². The van der Waals surface area contributed by atoms with E-state index < -0.39 is 0 Å². The third-order valence-corrected chi connectivity index (χ3v) is 4.51. The third kappa shape index (κ3) is 4.11. The van der Waals surface area contributed by atoms with Crippen LogP contribution >= 0.6 is 11.6 Å². The lowest BCUT2D eigenvalue weighted by Crippen LogP contribution is -2.44. The van der Waals surface area contributed by atoms with E-state index in [9.17, 15) is 4.79 Å². The van der Waals surface area contributed by atoms with Gasteiger partial charge in [0.1, 0.15) is 0 Å². The molecule has 4 nitrogen and oxygen atoms in total. The van der Waals surface area contributed by atoms with Gasteiger partial charge in [-0.1, -0.05) is 23.7 Å². The number of carbonyl (C=O) groups excluding carboxylic acids is 1. The number of amides is 2. The SMILES string of the molecule is O=C(Nc1ccccc1Cl)N(CC1CC1)CC1CCCN1. The smallest absolute Gasteiger partial charge is 0.321 e. The highest BCUT2D eigenvalue weighted by molar-refractivity contribution is 6.33. The maximum absolute atomic E-state index is 12.5. The molecule has 1 aromatic carbocycles. The number of rotatable bonds is 5. The van der Waals surface area contributed by atoms with Gasteiger partial charge in [-0.15, -0.1) is 0 Å². The van der Waals surface area contributed by atoms with Gasteiger partial charge in [-0.2, -0.15) is 0 Å². The highest BCUT2D eigenvalue weighted by Gasteiger charge is 2.29. The third-order valence-electron chi connectivity index (χ3n) is 4.18. The Bertz CT molecular complexity index is 498. The first-order valence-electron chi connectivity index (χ1n) is 7.76. The highest BCUT2D eigenvalue weighted by Crippen LogP contribution is 2.30. The number of hydrogen-bond acceptors (Lipinski definition) is 2. The monoisotopic (exact) mass is 307 g/mol. The summed E-state index contributed by atoms with van der Waals surface area (Å²) in [6.07, 6.45) is 4.84. The lowest BCUT2D eigenvalue weighted by molar-refractivity contribution is 0.203. The maximum atomic E-state index is 12.5. The van der Waals surface area contributed by atoms with Gasteiger partial charge in [0.25, 0.3) is 0 Å². The minimum Gasteiger partial charge on any atom is -0.323 e. The van der Waals surface area contributed by atoms with Gasteiger partial charge in [0.2, 0.25) is 0 Å². The Balaban J connectivity index is 1.63. The summed E-state index contributed by atoms with van der Waals surface area (Å²) in [6.45, 7) is 2.70. The van der Waals surface area contributed by atoms with E-state index in [1.807, 2.05) is 23.1 Å².